The number of amides is 3. The van der Waals surface area contributed by atoms with Crippen molar-refractivity contribution in [2.24, 2.45) is 0 Å². The highest BCUT2D eigenvalue weighted by Crippen LogP contribution is 2.29. The number of piperazine rings is 1. The van der Waals surface area contributed by atoms with E-state index in [1.807, 2.05) is 0 Å². The van der Waals surface area contributed by atoms with Crippen LogP contribution < -0.4 is 5.32 Å². The molecule has 1 N–H and O–H groups in total. The number of carbonyl (C=O) groups is 2. The maximum atomic E-state index is 12.8. The van der Waals surface area contributed by atoms with Gasteiger partial charge in [-0.15, -0.1) is 0 Å². The van der Waals surface area contributed by atoms with Crippen molar-refractivity contribution in [1.29, 1.82) is 0 Å². The number of alkyl halides is 3. The molecule has 0 bridgehead atoms. The predicted octanol–water partition coefficient (Wildman–Crippen LogP) is 4.35. The molecule has 1 fully saturated rings. The number of halogens is 4. The molecule has 9 heteroatoms. The third kappa shape index (κ3) is 4.75. The molecule has 5 nitrogen and oxygen atoms in total. The average molecular weight is 412 g/mol. The second-order valence-corrected chi connectivity index (χ2v) is 6.73. The van der Waals surface area contributed by atoms with Gasteiger partial charge in [-0.1, -0.05) is 17.7 Å². The van der Waals surface area contributed by atoms with Gasteiger partial charge in [0.05, 0.1) is 5.56 Å². The molecule has 2 aromatic rings. The monoisotopic (exact) mass is 411 g/mol. The molecule has 1 heterocycles. The Labute approximate surface area is 164 Å². The second kappa shape index (κ2) is 8.10. The van der Waals surface area contributed by atoms with Crippen LogP contribution in [0.1, 0.15) is 15.9 Å². The molecule has 28 heavy (non-hydrogen) atoms. The lowest BCUT2D eigenvalue weighted by molar-refractivity contribution is -0.137. The highest BCUT2D eigenvalue weighted by Gasteiger charge is 2.32. The summed E-state index contributed by atoms with van der Waals surface area (Å²) < 4.78 is 38.5. The maximum absolute atomic E-state index is 12.8. The quantitative estimate of drug-likeness (QED) is 0.798. The van der Waals surface area contributed by atoms with Crippen LogP contribution in [-0.2, 0) is 6.18 Å². The summed E-state index contributed by atoms with van der Waals surface area (Å²) in [5.41, 5.74) is -0.287. The van der Waals surface area contributed by atoms with Crippen LogP contribution in [0.2, 0.25) is 5.02 Å². The van der Waals surface area contributed by atoms with E-state index in [4.69, 9.17) is 11.6 Å². The average Bonchev–Trinajstić information content (AvgIpc) is 2.69. The number of carbonyl (C=O) groups excluding carboxylic acids is 2. The molecule has 0 radical (unpaired) electrons. The van der Waals surface area contributed by atoms with E-state index in [2.05, 4.69) is 5.32 Å². The zero-order chi connectivity index (χ0) is 20.3. The highest BCUT2D eigenvalue weighted by molar-refractivity contribution is 6.30. The Bertz CT molecular complexity index is 863. The van der Waals surface area contributed by atoms with Crippen LogP contribution in [0.25, 0.3) is 0 Å². The molecular weight excluding hydrogens is 395 g/mol. The molecule has 3 rings (SSSR count). The van der Waals surface area contributed by atoms with Crippen molar-refractivity contribution in [2.45, 2.75) is 6.18 Å². The van der Waals surface area contributed by atoms with Crippen LogP contribution in [-0.4, -0.2) is 47.9 Å². The Kier molecular flexibility index (Phi) is 5.79. The van der Waals surface area contributed by atoms with Gasteiger partial charge in [-0.25, -0.2) is 4.79 Å². The van der Waals surface area contributed by atoms with Crippen LogP contribution >= 0.6 is 11.6 Å². The second-order valence-electron chi connectivity index (χ2n) is 6.29. The third-order valence-corrected chi connectivity index (χ3v) is 4.64. The SMILES string of the molecule is O=C(Nc1ccc(Cl)cc1)N1CCN(C(=O)c2cccc(C(F)(F)F)c2)CC1. The fraction of sp³-hybridized carbons (Fsp3) is 0.263. The molecule has 2 aromatic carbocycles. The van der Waals surface area contributed by atoms with Gasteiger partial charge in [0.1, 0.15) is 0 Å². The van der Waals surface area contributed by atoms with E-state index in [0.29, 0.717) is 10.7 Å². The highest BCUT2D eigenvalue weighted by atomic mass is 35.5. The normalized spacial score (nSPS) is 14.7. The molecule has 0 saturated carbocycles. The van der Waals surface area contributed by atoms with Gasteiger partial charge in [-0.3, -0.25) is 4.79 Å². The predicted molar refractivity (Wildman–Crippen MR) is 99.4 cm³/mol. The molecule has 0 spiro atoms. The van der Waals surface area contributed by atoms with E-state index in [1.54, 1.807) is 29.2 Å². The first-order valence-electron chi connectivity index (χ1n) is 8.52. The Morgan fingerprint density at radius 3 is 2.14 bits per heavy atom. The van der Waals surface area contributed by atoms with Gasteiger partial charge in [-0.2, -0.15) is 13.2 Å². The molecule has 3 amide bonds. The van der Waals surface area contributed by atoms with Gasteiger partial charge in [-0.05, 0) is 42.5 Å². The molecule has 0 unspecified atom stereocenters. The number of rotatable bonds is 2. The van der Waals surface area contributed by atoms with Crippen molar-refractivity contribution in [3.05, 3.63) is 64.7 Å². The van der Waals surface area contributed by atoms with Crippen LogP contribution in [0.4, 0.5) is 23.7 Å². The lowest BCUT2D eigenvalue weighted by Gasteiger charge is -2.34. The lowest BCUT2D eigenvalue weighted by Crippen LogP contribution is -2.51. The molecule has 0 aliphatic carbocycles. The van der Waals surface area contributed by atoms with E-state index >= 15 is 0 Å². The van der Waals surface area contributed by atoms with Gasteiger partial charge in [0.2, 0.25) is 0 Å². The number of anilines is 1. The molecule has 148 valence electrons. The number of benzene rings is 2. The summed E-state index contributed by atoms with van der Waals surface area (Å²) in [7, 11) is 0. The molecule has 1 aliphatic rings. The van der Waals surface area contributed by atoms with Crippen LogP contribution in [0, 0.1) is 0 Å². The Morgan fingerprint density at radius 2 is 1.54 bits per heavy atom. The van der Waals surface area contributed by atoms with Crippen molar-refractivity contribution in [1.82, 2.24) is 9.80 Å². The minimum atomic E-state index is -4.51. The standard InChI is InChI=1S/C19H17ClF3N3O2/c20-15-4-6-16(7-5-15)24-18(28)26-10-8-25(9-11-26)17(27)13-2-1-3-14(12-13)19(21,22)23/h1-7,12H,8-11H2,(H,24,28). The fourth-order valence-electron chi connectivity index (χ4n) is 2.86. The zero-order valence-corrected chi connectivity index (χ0v) is 15.4. The number of nitrogens with zero attached hydrogens (tertiary/aromatic N) is 2. The first-order chi connectivity index (χ1) is 13.2. The van der Waals surface area contributed by atoms with Gasteiger partial charge in [0, 0.05) is 42.5 Å². The summed E-state index contributed by atoms with van der Waals surface area (Å²) in [6.07, 6.45) is -4.51. The van der Waals surface area contributed by atoms with Crippen molar-refractivity contribution in [2.75, 3.05) is 31.5 Å². The summed E-state index contributed by atoms with van der Waals surface area (Å²) in [6, 6.07) is 10.7. The molecule has 1 aliphatic heterocycles. The smallest absolute Gasteiger partial charge is 0.335 e. The Balaban J connectivity index is 1.58. The number of urea groups is 1. The fourth-order valence-corrected chi connectivity index (χ4v) is 2.99. The molecular formula is C19H17ClF3N3O2. The Morgan fingerprint density at radius 1 is 0.929 bits per heavy atom. The zero-order valence-electron chi connectivity index (χ0n) is 14.7. The van der Waals surface area contributed by atoms with Gasteiger partial charge in [0.25, 0.3) is 5.91 Å². The van der Waals surface area contributed by atoms with E-state index < -0.39 is 17.6 Å². The van der Waals surface area contributed by atoms with Crippen molar-refractivity contribution in [3.63, 3.8) is 0 Å². The number of hydrogen-bond acceptors (Lipinski definition) is 2. The Hall–Kier alpha value is -2.74. The van der Waals surface area contributed by atoms with Crippen molar-refractivity contribution >= 4 is 29.2 Å². The molecule has 0 atom stereocenters. The topological polar surface area (TPSA) is 52.7 Å². The number of hydrogen-bond donors (Lipinski definition) is 1. The number of nitrogens with one attached hydrogen (secondary N) is 1. The summed E-state index contributed by atoms with van der Waals surface area (Å²) in [6.45, 7) is 1.04. The van der Waals surface area contributed by atoms with Crippen LogP contribution in [0.15, 0.2) is 48.5 Å². The summed E-state index contributed by atoms with van der Waals surface area (Å²) in [5, 5.41) is 3.29. The van der Waals surface area contributed by atoms with E-state index in [-0.39, 0.29) is 37.8 Å². The molecule has 1 saturated heterocycles. The van der Waals surface area contributed by atoms with Gasteiger partial charge >= 0.3 is 12.2 Å². The van der Waals surface area contributed by atoms with Gasteiger partial charge in [0.15, 0.2) is 0 Å². The minimum absolute atomic E-state index is 0.0195. The first-order valence-corrected chi connectivity index (χ1v) is 8.90. The van der Waals surface area contributed by atoms with Crippen LogP contribution in [0.3, 0.4) is 0 Å². The van der Waals surface area contributed by atoms with E-state index in [0.717, 1.165) is 12.1 Å². The maximum Gasteiger partial charge on any atom is 0.416 e. The van der Waals surface area contributed by atoms with Crippen molar-refractivity contribution < 1.29 is 22.8 Å². The van der Waals surface area contributed by atoms with E-state index in [1.165, 1.54) is 17.0 Å². The summed E-state index contributed by atoms with van der Waals surface area (Å²) in [5.74, 6) is -0.483. The van der Waals surface area contributed by atoms with Gasteiger partial charge < -0.3 is 15.1 Å². The summed E-state index contributed by atoms with van der Waals surface area (Å²) in [4.78, 5) is 27.8. The summed E-state index contributed by atoms with van der Waals surface area (Å²) >= 11 is 5.80. The van der Waals surface area contributed by atoms with Crippen LogP contribution in [0.5, 0.6) is 0 Å². The van der Waals surface area contributed by atoms with Crippen molar-refractivity contribution in [3.8, 4) is 0 Å². The van der Waals surface area contributed by atoms with E-state index in [9.17, 15) is 22.8 Å². The molecule has 0 aromatic heterocycles. The lowest BCUT2D eigenvalue weighted by atomic mass is 10.1. The third-order valence-electron chi connectivity index (χ3n) is 4.39. The largest absolute Gasteiger partial charge is 0.416 e. The minimum Gasteiger partial charge on any atom is -0.335 e. The first kappa shape index (κ1) is 20.0.